The van der Waals surface area contributed by atoms with Gasteiger partial charge in [-0.05, 0) is 98.2 Å². The van der Waals surface area contributed by atoms with Gasteiger partial charge in [0.1, 0.15) is 36.3 Å². The zero-order chi connectivity index (χ0) is 53.5. The number of fused-ring (bicyclic) bond motifs is 2. The van der Waals surface area contributed by atoms with E-state index in [1.807, 2.05) is 102 Å². The highest BCUT2D eigenvalue weighted by Gasteiger charge is 2.56. The number of hydrogen-bond donors (Lipinski definition) is 8. The first kappa shape index (κ1) is 56.6. The summed E-state index contributed by atoms with van der Waals surface area (Å²) >= 11 is 14.5. The molecule has 3 aromatic rings. The highest BCUT2D eigenvalue weighted by Crippen LogP contribution is 2.48. The fourth-order valence-corrected chi connectivity index (χ4v) is 13.9. The lowest BCUT2D eigenvalue weighted by atomic mass is 9.83. The van der Waals surface area contributed by atoms with E-state index in [-0.39, 0.29) is 47.7 Å². The van der Waals surface area contributed by atoms with Crippen molar-refractivity contribution in [3.05, 3.63) is 107 Å². The molecule has 4 aliphatic rings. The normalized spacial score (nSPS) is 24.6. The summed E-state index contributed by atoms with van der Waals surface area (Å²) in [5.41, 5.74) is 1.59. The van der Waals surface area contributed by atoms with Crippen molar-refractivity contribution >= 4 is 93.4 Å². The zero-order valence-electron chi connectivity index (χ0n) is 43.5. The first-order valence-electron chi connectivity index (χ1n) is 25.4. The number of rotatable bonds is 18. The Hall–Kier alpha value is -5.12. The summed E-state index contributed by atoms with van der Waals surface area (Å²) in [5, 5.41) is 24.4. The third kappa shape index (κ3) is 13.1. The number of thioether (sulfide) groups is 2. The van der Waals surface area contributed by atoms with Crippen molar-refractivity contribution in [3.63, 3.8) is 0 Å². The summed E-state index contributed by atoms with van der Waals surface area (Å²) < 4.78 is 0. The number of nitrogens with zero attached hydrogens (tertiary/aromatic N) is 2. The molecule has 4 fully saturated rings. The lowest BCUT2D eigenvalue weighted by Gasteiger charge is -2.35. The molecule has 16 nitrogen and oxygen atoms in total. The zero-order valence-corrected chi connectivity index (χ0v) is 46.8. The minimum absolute atomic E-state index is 0.134. The standard InChI is InChI=1S/C54H72N10O6S4/c1-31(55-7)49(71)59-37-23-25-73-39-27-53(3,4)43(63(39)51(37)69)47(67)61-41(35-15-11-9-12-16-35)45(65)57-29-33-19-21-34(22-20-33)30-58-46(66)42(36-17-13-10-14-18-36)62-48(68)44-54(5,6)28-40-64(44)52(70)38(24-26-74-40)60-50(72)32(2)56-8/h9-22,31-32,37-44,55-56H,23-30H2,1-8H3,(H,57,65)(H,58,66)(H,59,71)(H,60,72)(H,61,67)(H,62,68)/t31-,32-,37-,38+,39-,40-,41+,42-,43+,44+/m0/s1. The Morgan fingerprint density at radius 3 is 1.28 bits per heavy atom. The Morgan fingerprint density at radius 2 is 0.946 bits per heavy atom. The van der Waals surface area contributed by atoms with Gasteiger partial charge in [0.2, 0.25) is 35.4 Å². The number of likely N-dealkylation sites (N-methyl/N-ethyl adjacent to an activating group) is 2. The van der Waals surface area contributed by atoms with Crippen molar-refractivity contribution in [2.75, 3.05) is 25.6 Å². The lowest BCUT2D eigenvalue weighted by molar-refractivity contribution is -0.143. The molecule has 20 heteroatoms. The number of hydrogen-bond acceptors (Lipinski definition) is 12. The molecule has 3 aromatic carbocycles. The maximum absolute atomic E-state index is 14.5. The molecule has 398 valence electrons. The second kappa shape index (κ2) is 24.7. The number of nitrogens with one attached hydrogen (secondary N) is 8. The van der Waals surface area contributed by atoms with Crippen LogP contribution in [0.4, 0.5) is 0 Å². The molecular weight excluding hydrogens is 1010 g/mol. The van der Waals surface area contributed by atoms with E-state index in [1.54, 1.807) is 71.7 Å². The molecule has 4 aliphatic heterocycles. The van der Waals surface area contributed by atoms with Gasteiger partial charge in [-0.3, -0.25) is 28.8 Å². The fourth-order valence-electron chi connectivity index (χ4n) is 10.3. The predicted molar refractivity (Wildman–Crippen MR) is 301 cm³/mol. The van der Waals surface area contributed by atoms with Gasteiger partial charge in [-0.25, -0.2) is 0 Å². The average molecular weight is 1090 g/mol. The van der Waals surface area contributed by atoms with Crippen LogP contribution in [0.15, 0.2) is 84.9 Å². The minimum Gasteiger partial charge on any atom is -0.367 e. The van der Waals surface area contributed by atoms with Crippen LogP contribution in [0.25, 0.3) is 0 Å². The second-order valence-electron chi connectivity index (χ2n) is 21.0. The Labute approximate surface area is 455 Å². The van der Waals surface area contributed by atoms with E-state index in [4.69, 9.17) is 24.4 Å². The first-order valence-corrected chi connectivity index (χ1v) is 28.3. The summed E-state index contributed by atoms with van der Waals surface area (Å²) in [4.78, 5) is 90.4. The summed E-state index contributed by atoms with van der Waals surface area (Å²) in [7, 11) is 3.61. The largest absolute Gasteiger partial charge is 0.367 e. The number of thiocarbonyl (C=S) groups is 2. The third-order valence-electron chi connectivity index (χ3n) is 14.7. The van der Waals surface area contributed by atoms with Gasteiger partial charge in [0, 0.05) is 13.1 Å². The fraction of sp³-hybridized carbons (Fsp3) is 0.519. The molecule has 0 saturated carbocycles. The number of carbonyl (C=O) groups is 6. The Morgan fingerprint density at radius 1 is 0.595 bits per heavy atom. The summed E-state index contributed by atoms with van der Waals surface area (Å²) in [6.07, 6.45) is 2.37. The molecule has 0 bridgehead atoms. The second-order valence-corrected chi connectivity index (χ2v) is 24.5. The van der Waals surface area contributed by atoms with Crippen LogP contribution in [0, 0.1) is 10.8 Å². The van der Waals surface area contributed by atoms with Crippen LogP contribution in [-0.2, 0) is 41.9 Å². The van der Waals surface area contributed by atoms with E-state index in [2.05, 4.69) is 42.5 Å². The van der Waals surface area contributed by atoms with Crippen LogP contribution in [0.2, 0.25) is 0 Å². The van der Waals surface area contributed by atoms with Crippen molar-refractivity contribution in [3.8, 4) is 0 Å². The van der Waals surface area contributed by atoms with Gasteiger partial charge in [-0.2, -0.15) is 0 Å². The summed E-state index contributed by atoms with van der Waals surface area (Å²) in [6.45, 7) is 12.1. The molecule has 8 N–H and O–H groups in total. The van der Waals surface area contributed by atoms with Gasteiger partial charge in [0.15, 0.2) is 0 Å². The quantitative estimate of drug-likeness (QED) is 0.0821. The third-order valence-corrected chi connectivity index (χ3v) is 18.1. The summed E-state index contributed by atoms with van der Waals surface area (Å²) in [6, 6.07) is 20.3. The van der Waals surface area contributed by atoms with Gasteiger partial charge in [-0.1, -0.05) is 137 Å². The van der Waals surface area contributed by atoms with Crippen LogP contribution < -0.4 is 42.5 Å². The van der Waals surface area contributed by atoms with Crippen LogP contribution in [0.5, 0.6) is 0 Å². The van der Waals surface area contributed by atoms with E-state index in [9.17, 15) is 28.8 Å². The van der Waals surface area contributed by atoms with E-state index in [0.717, 1.165) is 22.6 Å². The molecule has 0 radical (unpaired) electrons. The Kier molecular flexibility index (Phi) is 18.9. The van der Waals surface area contributed by atoms with Crippen LogP contribution >= 0.6 is 48.0 Å². The van der Waals surface area contributed by atoms with Crippen LogP contribution in [0.3, 0.4) is 0 Å². The molecule has 74 heavy (non-hydrogen) atoms. The lowest BCUT2D eigenvalue weighted by Crippen LogP contribution is -2.58. The Bertz CT molecular complexity index is 2370. The van der Waals surface area contributed by atoms with Crippen molar-refractivity contribution in [1.29, 1.82) is 0 Å². The van der Waals surface area contributed by atoms with Crippen molar-refractivity contribution in [2.24, 2.45) is 10.8 Å². The average Bonchev–Trinajstić information content (AvgIpc) is 3.71. The van der Waals surface area contributed by atoms with E-state index in [1.165, 1.54) is 0 Å². The van der Waals surface area contributed by atoms with Crippen LogP contribution in [-0.4, -0.2) is 128 Å². The molecule has 4 saturated heterocycles. The van der Waals surface area contributed by atoms with E-state index in [0.29, 0.717) is 46.8 Å². The highest BCUT2D eigenvalue weighted by molar-refractivity contribution is 8.00. The topological polar surface area (TPSA) is 205 Å². The number of amides is 6. The van der Waals surface area contributed by atoms with Gasteiger partial charge in [0.05, 0.1) is 32.8 Å². The van der Waals surface area contributed by atoms with Gasteiger partial charge >= 0.3 is 0 Å². The maximum Gasteiger partial charge on any atom is 0.247 e. The molecule has 0 aromatic heterocycles. The first-order chi connectivity index (χ1) is 35.2. The van der Waals surface area contributed by atoms with E-state index >= 15 is 0 Å². The molecule has 0 unspecified atom stereocenters. The van der Waals surface area contributed by atoms with Crippen molar-refractivity contribution in [2.45, 2.75) is 139 Å². The molecule has 4 heterocycles. The van der Waals surface area contributed by atoms with Gasteiger partial charge < -0.3 is 52.3 Å². The molecule has 0 aliphatic carbocycles. The van der Waals surface area contributed by atoms with Crippen LogP contribution in [0.1, 0.15) is 102 Å². The summed E-state index contributed by atoms with van der Waals surface area (Å²) in [5.74, 6) is -0.569. The molecular formula is C54H72N10O6S4. The number of carbonyl (C=O) groups excluding carboxylic acids is 6. The smallest absolute Gasteiger partial charge is 0.247 e. The van der Waals surface area contributed by atoms with Gasteiger partial charge in [0.25, 0.3) is 0 Å². The molecule has 10 atom stereocenters. The SMILES string of the molecule is CN[C@@H](C)C(=S)N[C@H]1CCS[C@H]2CC(C)(C)[C@@H](C(=O)N[C@@H](C(=O)NCc3ccc(CNC(=O)[C@@H](NC(=O)[C@H]4N5C(=O)[C@H](NC(=S)[C@H](C)NC)CCS[C@H]5CC4(C)C)c4ccccc4)cc3)c3ccccc3)N2C1=O. The molecule has 0 spiro atoms. The van der Waals surface area contributed by atoms with Gasteiger partial charge in [-0.15, -0.1) is 23.5 Å². The van der Waals surface area contributed by atoms with E-state index < -0.39 is 70.7 Å². The van der Waals surface area contributed by atoms with Crippen molar-refractivity contribution in [1.82, 2.24) is 52.3 Å². The molecule has 7 rings (SSSR count). The molecule has 6 amide bonds. The minimum atomic E-state index is -1.05. The predicted octanol–water partition coefficient (Wildman–Crippen LogP) is 4.60. The highest BCUT2D eigenvalue weighted by atomic mass is 32.2. The monoisotopic (exact) mass is 1080 g/mol. The maximum atomic E-state index is 14.5. The Balaban J connectivity index is 0.994. The van der Waals surface area contributed by atoms with Crippen molar-refractivity contribution < 1.29 is 28.8 Å². The number of benzene rings is 3.